The molecule has 3 nitrogen and oxygen atoms in total. The van der Waals surface area contributed by atoms with Gasteiger partial charge in [0.1, 0.15) is 0 Å². The molecule has 4 heteroatoms. The zero-order valence-corrected chi connectivity index (χ0v) is 13.1. The maximum atomic E-state index is 12.3. The van der Waals surface area contributed by atoms with Gasteiger partial charge < -0.3 is 11.1 Å². The molecule has 0 aliphatic heterocycles. The molecule has 0 spiro atoms. The van der Waals surface area contributed by atoms with Gasteiger partial charge in [-0.15, -0.1) is 0 Å². The highest BCUT2D eigenvalue weighted by molar-refractivity contribution is 9.10. The van der Waals surface area contributed by atoms with Crippen LogP contribution in [0.4, 0.5) is 5.69 Å². The van der Waals surface area contributed by atoms with Gasteiger partial charge in [0.25, 0.3) is 5.91 Å². The van der Waals surface area contributed by atoms with Gasteiger partial charge >= 0.3 is 0 Å². The predicted octanol–water partition coefficient (Wildman–Crippen LogP) is 3.83. The first-order chi connectivity index (χ1) is 9.49. The number of halogens is 1. The Labute approximate surface area is 127 Å². The van der Waals surface area contributed by atoms with E-state index in [1.54, 1.807) is 12.1 Å². The van der Waals surface area contributed by atoms with E-state index in [4.69, 9.17) is 5.73 Å². The number of amides is 1. The van der Waals surface area contributed by atoms with Gasteiger partial charge in [-0.25, -0.2) is 0 Å². The molecule has 2 aromatic rings. The number of nitrogens with two attached hydrogens (primary N) is 1. The second-order valence-corrected chi connectivity index (χ2v) is 5.66. The molecule has 0 saturated heterocycles. The Balaban J connectivity index is 2.20. The highest BCUT2D eigenvalue weighted by Gasteiger charge is 2.15. The summed E-state index contributed by atoms with van der Waals surface area (Å²) in [6, 6.07) is 13.2. The zero-order chi connectivity index (χ0) is 14.7. The molecule has 1 atom stereocenters. The maximum absolute atomic E-state index is 12.3. The Morgan fingerprint density at radius 1 is 1.25 bits per heavy atom. The van der Waals surface area contributed by atoms with E-state index in [1.165, 1.54) is 0 Å². The molecule has 0 saturated carbocycles. The molecule has 20 heavy (non-hydrogen) atoms. The number of carbonyl (C=O) groups is 1. The van der Waals surface area contributed by atoms with E-state index >= 15 is 0 Å². The lowest BCUT2D eigenvalue weighted by molar-refractivity contribution is 0.0940. The SMILES string of the molecule is Cc1ccc(N)c(C(=O)N[C@@H](C)c2ccccc2Br)c1. The fourth-order valence-electron chi connectivity index (χ4n) is 2.05. The summed E-state index contributed by atoms with van der Waals surface area (Å²) < 4.78 is 0.977. The summed E-state index contributed by atoms with van der Waals surface area (Å²) in [7, 11) is 0. The summed E-state index contributed by atoms with van der Waals surface area (Å²) in [5, 5.41) is 2.97. The molecular weight excluding hydrogens is 316 g/mol. The number of hydrogen-bond donors (Lipinski definition) is 2. The van der Waals surface area contributed by atoms with Crippen molar-refractivity contribution in [1.82, 2.24) is 5.32 Å². The fourth-order valence-corrected chi connectivity index (χ4v) is 2.67. The van der Waals surface area contributed by atoms with Crippen LogP contribution in [-0.2, 0) is 0 Å². The Kier molecular flexibility index (Phi) is 4.45. The number of aryl methyl sites for hydroxylation is 1. The Hall–Kier alpha value is -1.81. The van der Waals surface area contributed by atoms with E-state index in [1.807, 2.05) is 44.2 Å². The average molecular weight is 333 g/mol. The molecule has 0 radical (unpaired) electrons. The smallest absolute Gasteiger partial charge is 0.253 e. The summed E-state index contributed by atoms with van der Waals surface area (Å²) in [6.07, 6.45) is 0. The molecule has 0 heterocycles. The van der Waals surface area contributed by atoms with E-state index in [-0.39, 0.29) is 11.9 Å². The monoisotopic (exact) mass is 332 g/mol. The van der Waals surface area contributed by atoms with Crippen LogP contribution in [0.2, 0.25) is 0 Å². The highest BCUT2D eigenvalue weighted by Crippen LogP contribution is 2.23. The lowest BCUT2D eigenvalue weighted by atomic mass is 10.1. The van der Waals surface area contributed by atoms with Crippen LogP contribution >= 0.6 is 15.9 Å². The lowest BCUT2D eigenvalue weighted by Crippen LogP contribution is -2.27. The standard InChI is InChI=1S/C16H17BrN2O/c1-10-7-8-15(18)13(9-10)16(20)19-11(2)12-5-3-4-6-14(12)17/h3-9,11H,18H2,1-2H3,(H,19,20)/t11-/m0/s1. The Morgan fingerprint density at radius 2 is 1.95 bits per heavy atom. The molecule has 0 aliphatic rings. The topological polar surface area (TPSA) is 55.1 Å². The first-order valence-corrected chi connectivity index (χ1v) is 7.19. The number of rotatable bonds is 3. The lowest BCUT2D eigenvalue weighted by Gasteiger charge is -2.16. The molecule has 0 unspecified atom stereocenters. The first kappa shape index (κ1) is 14.6. The molecule has 3 N–H and O–H groups in total. The molecule has 0 aliphatic carbocycles. The Bertz CT molecular complexity index is 640. The summed E-state index contributed by atoms with van der Waals surface area (Å²) in [5.74, 6) is -0.158. The van der Waals surface area contributed by atoms with Crippen LogP contribution < -0.4 is 11.1 Å². The van der Waals surface area contributed by atoms with Crippen molar-refractivity contribution in [2.45, 2.75) is 19.9 Å². The van der Waals surface area contributed by atoms with Crippen LogP contribution in [0.25, 0.3) is 0 Å². The quantitative estimate of drug-likeness (QED) is 0.839. The third kappa shape index (κ3) is 3.20. The normalized spacial score (nSPS) is 11.9. The van der Waals surface area contributed by atoms with Crippen molar-refractivity contribution in [2.75, 3.05) is 5.73 Å². The highest BCUT2D eigenvalue weighted by atomic mass is 79.9. The van der Waals surface area contributed by atoms with Crippen molar-refractivity contribution in [3.63, 3.8) is 0 Å². The van der Waals surface area contributed by atoms with Crippen LogP contribution in [0, 0.1) is 6.92 Å². The van der Waals surface area contributed by atoms with Gasteiger partial charge in [-0.05, 0) is 37.6 Å². The number of hydrogen-bond acceptors (Lipinski definition) is 2. The first-order valence-electron chi connectivity index (χ1n) is 6.40. The molecule has 1 amide bonds. The van der Waals surface area contributed by atoms with Crippen molar-refractivity contribution in [3.05, 3.63) is 63.6 Å². The molecular formula is C16H17BrN2O. The van der Waals surface area contributed by atoms with Crippen LogP contribution in [0.5, 0.6) is 0 Å². The summed E-state index contributed by atoms with van der Waals surface area (Å²) >= 11 is 3.49. The van der Waals surface area contributed by atoms with Crippen molar-refractivity contribution in [1.29, 1.82) is 0 Å². The second kappa shape index (κ2) is 6.09. The predicted molar refractivity (Wildman–Crippen MR) is 85.6 cm³/mol. The van der Waals surface area contributed by atoms with E-state index in [9.17, 15) is 4.79 Å². The second-order valence-electron chi connectivity index (χ2n) is 4.81. The van der Waals surface area contributed by atoms with Gasteiger partial charge in [0.15, 0.2) is 0 Å². The fraction of sp³-hybridized carbons (Fsp3) is 0.188. The molecule has 0 bridgehead atoms. The molecule has 2 rings (SSSR count). The summed E-state index contributed by atoms with van der Waals surface area (Å²) in [6.45, 7) is 3.89. The number of nitrogen functional groups attached to an aromatic ring is 1. The van der Waals surface area contributed by atoms with Crippen molar-refractivity contribution >= 4 is 27.5 Å². The van der Waals surface area contributed by atoms with E-state index < -0.39 is 0 Å². The van der Waals surface area contributed by atoms with Gasteiger partial charge in [-0.3, -0.25) is 4.79 Å². The average Bonchev–Trinajstić information content (AvgIpc) is 2.41. The largest absolute Gasteiger partial charge is 0.398 e. The minimum absolute atomic E-state index is 0.0991. The molecule has 2 aromatic carbocycles. The van der Waals surface area contributed by atoms with E-state index in [2.05, 4.69) is 21.2 Å². The zero-order valence-electron chi connectivity index (χ0n) is 11.5. The van der Waals surface area contributed by atoms with E-state index in [0.717, 1.165) is 15.6 Å². The van der Waals surface area contributed by atoms with Crippen LogP contribution in [-0.4, -0.2) is 5.91 Å². The minimum atomic E-state index is -0.158. The van der Waals surface area contributed by atoms with Crippen molar-refractivity contribution in [2.24, 2.45) is 0 Å². The minimum Gasteiger partial charge on any atom is -0.398 e. The van der Waals surface area contributed by atoms with Gasteiger partial charge in [0.2, 0.25) is 0 Å². The summed E-state index contributed by atoms with van der Waals surface area (Å²) in [5.41, 5.74) is 8.92. The van der Waals surface area contributed by atoms with Gasteiger partial charge in [-0.2, -0.15) is 0 Å². The number of anilines is 1. The number of nitrogens with one attached hydrogen (secondary N) is 1. The summed E-state index contributed by atoms with van der Waals surface area (Å²) in [4.78, 5) is 12.3. The van der Waals surface area contributed by atoms with Crippen LogP contribution in [0.1, 0.15) is 34.5 Å². The number of benzene rings is 2. The third-order valence-electron chi connectivity index (χ3n) is 3.17. The van der Waals surface area contributed by atoms with E-state index in [0.29, 0.717) is 11.3 Å². The molecule has 0 fully saturated rings. The van der Waals surface area contributed by atoms with Gasteiger partial charge in [-0.1, -0.05) is 45.8 Å². The van der Waals surface area contributed by atoms with Crippen molar-refractivity contribution in [3.8, 4) is 0 Å². The van der Waals surface area contributed by atoms with Gasteiger partial charge in [0, 0.05) is 10.2 Å². The van der Waals surface area contributed by atoms with Crippen molar-refractivity contribution < 1.29 is 4.79 Å². The third-order valence-corrected chi connectivity index (χ3v) is 3.89. The number of carbonyl (C=O) groups excluding carboxylic acids is 1. The molecule has 104 valence electrons. The van der Waals surface area contributed by atoms with Gasteiger partial charge in [0.05, 0.1) is 11.6 Å². The maximum Gasteiger partial charge on any atom is 0.253 e. The Morgan fingerprint density at radius 3 is 2.65 bits per heavy atom. The van der Waals surface area contributed by atoms with Crippen LogP contribution in [0.3, 0.4) is 0 Å². The van der Waals surface area contributed by atoms with Crippen LogP contribution in [0.15, 0.2) is 46.9 Å². The molecule has 0 aromatic heterocycles.